The molecule has 0 rings (SSSR count). The van der Waals surface area contributed by atoms with Gasteiger partial charge in [-0.15, -0.1) is 0 Å². The molecule has 0 aliphatic heterocycles. The minimum atomic E-state index is -3.26. The quantitative estimate of drug-likeness (QED) is 0.485. The standard InChI is InChI=1S/C9H21N2O3P/c1-4-5-6-7-8(15(3,13)14)11-9(12)10-2/h8H,4-7H2,1-3H3,(H,13,14)(H2,10,11,12). The van der Waals surface area contributed by atoms with Crippen LogP contribution in [0.4, 0.5) is 4.79 Å². The number of amides is 2. The lowest BCUT2D eigenvalue weighted by Crippen LogP contribution is -2.40. The van der Waals surface area contributed by atoms with E-state index < -0.39 is 19.2 Å². The molecule has 0 saturated heterocycles. The van der Waals surface area contributed by atoms with Crippen molar-refractivity contribution < 1.29 is 14.3 Å². The van der Waals surface area contributed by atoms with Crippen molar-refractivity contribution in [3.05, 3.63) is 0 Å². The fourth-order valence-corrected chi connectivity index (χ4v) is 2.26. The molecular weight excluding hydrogens is 215 g/mol. The van der Waals surface area contributed by atoms with Gasteiger partial charge in [-0.25, -0.2) is 4.79 Å². The number of carbonyl (C=O) groups excluding carboxylic acids is 1. The van der Waals surface area contributed by atoms with E-state index in [1.807, 2.05) is 0 Å². The maximum Gasteiger partial charge on any atom is 0.315 e. The molecule has 90 valence electrons. The summed E-state index contributed by atoms with van der Waals surface area (Å²) in [4.78, 5) is 20.5. The molecule has 0 spiro atoms. The van der Waals surface area contributed by atoms with Gasteiger partial charge in [0.1, 0.15) is 5.78 Å². The van der Waals surface area contributed by atoms with E-state index in [4.69, 9.17) is 0 Å². The van der Waals surface area contributed by atoms with Gasteiger partial charge in [-0.1, -0.05) is 26.2 Å². The van der Waals surface area contributed by atoms with E-state index in [-0.39, 0.29) is 0 Å². The van der Waals surface area contributed by atoms with E-state index in [9.17, 15) is 14.3 Å². The maximum absolute atomic E-state index is 11.5. The monoisotopic (exact) mass is 236 g/mol. The maximum atomic E-state index is 11.5. The van der Waals surface area contributed by atoms with Crippen LogP contribution in [0.5, 0.6) is 0 Å². The molecule has 3 N–H and O–H groups in total. The van der Waals surface area contributed by atoms with E-state index in [1.54, 1.807) is 0 Å². The van der Waals surface area contributed by atoms with Crippen molar-refractivity contribution in [2.45, 2.75) is 38.4 Å². The normalized spacial score (nSPS) is 16.5. The molecule has 0 aromatic rings. The van der Waals surface area contributed by atoms with Gasteiger partial charge < -0.3 is 15.5 Å². The summed E-state index contributed by atoms with van der Waals surface area (Å²) in [6, 6.07) is -0.410. The minimum Gasteiger partial charge on any atom is -0.343 e. The van der Waals surface area contributed by atoms with Crippen LogP contribution in [0, 0.1) is 0 Å². The Bertz CT molecular complexity index is 240. The van der Waals surface area contributed by atoms with Gasteiger partial charge in [0.25, 0.3) is 0 Å². The van der Waals surface area contributed by atoms with Crippen LogP contribution < -0.4 is 10.6 Å². The summed E-state index contributed by atoms with van der Waals surface area (Å²) in [6.07, 6.45) is 3.45. The first-order chi connectivity index (χ1) is 6.91. The number of rotatable bonds is 6. The molecule has 5 nitrogen and oxygen atoms in total. The number of nitrogens with one attached hydrogen (secondary N) is 2. The number of hydrogen-bond acceptors (Lipinski definition) is 2. The molecule has 2 amide bonds. The Morgan fingerprint density at radius 1 is 1.47 bits per heavy atom. The summed E-state index contributed by atoms with van der Waals surface area (Å²) in [5, 5.41) is 4.88. The van der Waals surface area contributed by atoms with Crippen molar-refractivity contribution in [3.8, 4) is 0 Å². The van der Waals surface area contributed by atoms with Crippen molar-refractivity contribution in [1.82, 2.24) is 10.6 Å². The smallest absolute Gasteiger partial charge is 0.315 e. The lowest BCUT2D eigenvalue weighted by molar-refractivity contribution is 0.240. The highest BCUT2D eigenvalue weighted by atomic mass is 31.2. The SMILES string of the molecule is CCCCCC(NC(=O)NC)P(C)(=O)O. The minimum absolute atomic E-state index is 0.410. The summed E-state index contributed by atoms with van der Waals surface area (Å²) in [5.41, 5.74) is 0. The predicted octanol–water partition coefficient (Wildman–Crippen LogP) is 1.72. The Morgan fingerprint density at radius 2 is 2.07 bits per heavy atom. The topological polar surface area (TPSA) is 78.4 Å². The molecule has 0 saturated carbocycles. The molecule has 0 aliphatic rings. The number of hydrogen-bond donors (Lipinski definition) is 3. The Labute approximate surface area is 91.1 Å². The molecule has 0 fully saturated rings. The van der Waals surface area contributed by atoms with Gasteiger partial charge in [-0.3, -0.25) is 4.57 Å². The molecule has 0 aromatic heterocycles. The zero-order chi connectivity index (χ0) is 11.9. The van der Waals surface area contributed by atoms with E-state index >= 15 is 0 Å². The number of carbonyl (C=O) groups is 1. The fourth-order valence-electron chi connectivity index (χ4n) is 1.24. The molecule has 2 atom stereocenters. The first-order valence-corrected chi connectivity index (χ1v) is 7.37. The lowest BCUT2D eigenvalue weighted by Gasteiger charge is -2.21. The van der Waals surface area contributed by atoms with Crippen molar-refractivity contribution in [2.24, 2.45) is 0 Å². The van der Waals surface area contributed by atoms with E-state index in [2.05, 4.69) is 17.6 Å². The molecule has 0 aliphatic carbocycles. The summed E-state index contributed by atoms with van der Waals surface area (Å²) in [6.45, 7) is 3.34. The third-order valence-corrected chi connectivity index (χ3v) is 3.73. The van der Waals surface area contributed by atoms with Crippen LogP contribution in [-0.4, -0.2) is 30.4 Å². The van der Waals surface area contributed by atoms with Crippen LogP contribution in [0.15, 0.2) is 0 Å². The highest BCUT2D eigenvalue weighted by Gasteiger charge is 2.26. The van der Waals surface area contributed by atoms with Gasteiger partial charge in [-0.05, 0) is 6.42 Å². The molecule has 15 heavy (non-hydrogen) atoms. The molecule has 0 heterocycles. The summed E-state index contributed by atoms with van der Waals surface area (Å²) in [5.74, 6) is -0.635. The van der Waals surface area contributed by atoms with Crippen molar-refractivity contribution in [2.75, 3.05) is 13.7 Å². The first-order valence-electron chi connectivity index (χ1n) is 5.20. The van der Waals surface area contributed by atoms with Crippen molar-refractivity contribution >= 4 is 13.4 Å². The average Bonchev–Trinajstić information content (AvgIpc) is 2.14. The largest absolute Gasteiger partial charge is 0.343 e. The lowest BCUT2D eigenvalue weighted by atomic mass is 10.2. The van der Waals surface area contributed by atoms with Gasteiger partial charge in [0.15, 0.2) is 0 Å². The number of unbranched alkanes of at least 4 members (excludes halogenated alkanes) is 2. The third kappa shape index (κ3) is 6.52. The van der Waals surface area contributed by atoms with Gasteiger partial charge in [0.05, 0.1) is 0 Å². The first kappa shape index (κ1) is 14.5. The van der Waals surface area contributed by atoms with E-state index in [1.165, 1.54) is 13.7 Å². The Balaban J connectivity index is 4.20. The van der Waals surface area contributed by atoms with Crippen LogP contribution in [0.25, 0.3) is 0 Å². The fraction of sp³-hybridized carbons (Fsp3) is 0.889. The molecule has 2 unspecified atom stereocenters. The van der Waals surface area contributed by atoms with Crippen LogP contribution in [0.1, 0.15) is 32.6 Å². The zero-order valence-electron chi connectivity index (χ0n) is 9.62. The molecule has 0 radical (unpaired) electrons. The second kappa shape index (κ2) is 6.85. The summed E-state index contributed by atoms with van der Waals surface area (Å²) >= 11 is 0. The van der Waals surface area contributed by atoms with Crippen molar-refractivity contribution in [1.29, 1.82) is 0 Å². The third-order valence-electron chi connectivity index (χ3n) is 2.18. The van der Waals surface area contributed by atoms with Crippen LogP contribution >= 0.6 is 7.37 Å². The van der Waals surface area contributed by atoms with Gasteiger partial charge in [0.2, 0.25) is 7.37 Å². The van der Waals surface area contributed by atoms with Gasteiger partial charge in [-0.2, -0.15) is 0 Å². The second-order valence-electron chi connectivity index (χ2n) is 3.68. The Morgan fingerprint density at radius 3 is 2.47 bits per heavy atom. The second-order valence-corrected chi connectivity index (χ2v) is 6.19. The highest BCUT2D eigenvalue weighted by Crippen LogP contribution is 2.42. The van der Waals surface area contributed by atoms with Gasteiger partial charge in [0, 0.05) is 13.7 Å². The summed E-state index contributed by atoms with van der Waals surface area (Å²) in [7, 11) is -1.77. The highest BCUT2D eigenvalue weighted by molar-refractivity contribution is 7.57. The number of urea groups is 1. The van der Waals surface area contributed by atoms with E-state index in [0.717, 1.165) is 19.3 Å². The Kier molecular flexibility index (Phi) is 6.61. The summed E-state index contributed by atoms with van der Waals surface area (Å²) < 4.78 is 11.5. The van der Waals surface area contributed by atoms with Crippen LogP contribution in [0.3, 0.4) is 0 Å². The average molecular weight is 236 g/mol. The van der Waals surface area contributed by atoms with Crippen LogP contribution in [-0.2, 0) is 4.57 Å². The predicted molar refractivity (Wildman–Crippen MR) is 61.3 cm³/mol. The van der Waals surface area contributed by atoms with Crippen LogP contribution in [0.2, 0.25) is 0 Å². The van der Waals surface area contributed by atoms with E-state index in [0.29, 0.717) is 6.42 Å². The Hall–Kier alpha value is -0.540. The molecular formula is C9H21N2O3P. The van der Waals surface area contributed by atoms with Gasteiger partial charge >= 0.3 is 6.03 Å². The zero-order valence-corrected chi connectivity index (χ0v) is 10.5. The van der Waals surface area contributed by atoms with Crippen molar-refractivity contribution in [3.63, 3.8) is 0 Å². The molecule has 6 heteroatoms. The molecule has 0 aromatic carbocycles. The molecule has 0 bridgehead atoms.